The quantitative estimate of drug-likeness (QED) is 0.767. The van der Waals surface area contributed by atoms with Gasteiger partial charge in [-0.3, -0.25) is 4.79 Å². The van der Waals surface area contributed by atoms with E-state index in [1.165, 1.54) is 12.3 Å². The van der Waals surface area contributed by atoms with Gasteiger partial charge in [-0.25, -0.2) is 14.2 Å². The summed E-state index contributed by atoms with van der Waals surface area (Å²) in [6, 6.07) is 5.35. The van der Waals surface area contributed by atoms with E-state index in [2.05, 4.69) is 10.3 Å². The molecule has 1 saturated carbocycles. The van der Waals surface area contributed by atoms with Gasteiger partial charge in [0.2, 0.25) is 5.91 Å². The molecular weight excluding hydrogens is 327 g/mol. The van der Waals surface area contributed by atoms with E-state index in [4.69, 9.17) is 9.52 Å². The van der Waals surface area contributed by atoms with E-state index in [0.717, 1.165) is 12.8 Å². The van der Waals surface area contributed by atoms with Crippen LogP contribution in [0.3, 0.4) is 0 Å². The Kier molecular flexibility index (Phi) is 5.11. The van der Waals surface area contributed by atoms with Crippen LogP contribution in [0, 0.1) is 11.7 Å². The molecule has 1 aliphatic carbocycles. The third-order valence-electron chi connectivity index (χ3n) is 4.16. The number of nitrogens with one attached hydrogen (secondary N) is 1. The van der Waals surface area contributed by atoms with E-state index < -0.39 is 17.8 Å². The number of hydrogen-bond donors (Lipinski definition) is 2. The number of rotatable bonds is 8. The van der Waals surface area contributed by atoms with Crippen LogP contribution in [0.15, 0.2) is 34.9 Å². The molecule has 1 aromatic heterocycles. The van der Waals surface area contributed by atoms with Gasteiger partial charge in [-0.05, 0) is 24.5 Å². The summed E-state index contributed by atoms with van der Waals surface area (Å²) in [7, 11) is 0. The number of carboxylic acid groups (broad SMARTS) is 1. The van der Waals surface area contributed by atoms with Crippen LogP contribution >= 0.6 is 0 Å². The monoisotopic (exact) mass is 346 g/mol. The predicted molar refractivity (Wildman–Crippen MR) is 87.1 cm³/mol. The van der Waals surface area contributed by atoms with Crippen LogP contribution < -0.4 is 5.32 Å². The molecule has 0 aliphatic heterocycles. The zero-order valence-electron chi connectivity index (χ0n) is 13.6. The second kappa shape index (κ2) is 7.46. The Bertz CT molecular complexity index is 770. The molecular formula is C18H19FN2O4. The largest absolute Gasteiger partial charge is 0.480 e. The highest BCUT2D eigenvalue weighted by Crippen LogP contribution is 2.33. The summed E-state index contributed by atoms with van der Waals surface area (Å²) in [5, 5.41) is 11.7. The van der Waals surface area contributed by atoms with Gasteiger partial charge in [0.15, 0.2) is 11.7 Å². The van der Waals surface area contributed by atoms with Crippen molar-refractivity contribution in [1.29, 1.82) is 0 Å². The van der Waals surface area contributed by atoms with Crippen LogP contribution in [0.25, 0.3) is 11.3 Å². The molecule has 1 aromatic carbocycles. The normalized spacial score (nSPS) is 14.9. The summed E-state index contributed by atoms with van der Waals surface area (Å²) in [4.78, 5) is 27.2. The summed E-state index contributed by atoms with van der Waals surface area (Å²) >= 11 is 0. The Morgan fingerprint density at radius 3 is 2.80 bits per heavy atom. The van der Waals surface area contributed by atoms with E-state index in [-0.39, 0.29) is 18.7 Å². The van der Waals surface area contributed by atoms with Crippen molar-refractivity contribution in [2.75, 3.05) is 0 Å². The number of halogens is 1. The third-order valence-corrected chi connectivity index (χ3v) is 4.16. The standard InChI is InChI=1S/C18H19FN2O4/c19-13-4-2-1-3-12(13)15-10-20-17(25-15)8-7-16(22)21-14(18(23)24)9-11-5-6-11/h1-4,10-11,14H,5-9H2,(H,21,22)(H,23,24). The van der Waals surface area contributed by atoms with Crippen LogP contribution in [0.4, 0.5) is 4.39 Å². The van der Waals surface area contributed by atoms with E-state index in [0.29, 0.717) is 29.6 Å². The highest BCUT2D eigenvalue weighted by Gasteiger charge is 2.30. The fourth-order valence-electron chi connectivity index (χ4n) is 2.61. The van der Waals surface area contributed by atoms with Crippen LogP contribution in [0.5, 0.6) is 0 Å². The van der Waals surface area contributed by atoms with Gasteiger partial charge in [0.25, 0.3) is 0 Å². The summed E-state index contributed by atoms with van der Waals surface area (Å²) in [6.45, 7) is 0. The van der Waals surface area contributed by atoms with Gasteiger partial charge in [0, 0.05) is 12.8 Å². The maximum atomic E-state index is 13.7. The topological polar surface area (TPSA) is 92.4 Å². The lowest BCUT2D eigenvalue weighted by atomic mass is 10.1. The van der Waals surface area contributed by atoms with Crippen molar-refractivity contribution in [3.8, 4) is 11.3 Å². The molecule has 3 rings (SSSR count). The Morgan fingerprint density at radius 2 is 2.12 bits per heavy atom. The molecule has 2 N–H and O–H groups in total. The van der Waals surface area contributed by atoms with Gasteiger partial charge in [0.05, 0.1) is 11.8 Å². The minimum Gasteiger partial charge on any atom is -0.480 e. The van der Waals surface area contributed by atoms with Crippen molar-refractivity contribution < 1.29 is 23.5 Å². The number of nitrogens with zero attached hydrogens (tertiary/aromatic N) is 1. The fourth-order valence-corrected chi connectivity index (χ4v) is 2.61. The molecule has 0 saturated heterocycles. The smallest absolute Gasteiger partial charge is 0.326 e. The molecule has 25 heavy (non-hydrogen) atoms. The van der Waals surface area contributed by atoms with Crippen molar-refractivity contribution in [2.45, 2.75) is 38.1 Å². The molecule has 1 amide bonds. The number of benzene rings is 1. The number of amides is 1. The van der Waals surface area contributed by atoms with Crippen LogP contribution in [-0.2, 0) is 16.0 Å². The van der Waals surface area contributed by atoms with Crippen molar-refractivity contribution in [3.63, 3.8) is 0 Å². The highest BCUT2D eigenvalue weighted by molar-refractivity contribution is 5.83. The average molecular weight is 346 g/mol. The Hall–Kier alpha value is -2.70. The maximum absolute atomic E-state index is 13.7. The molecule has 0 bridgehead atoms. The number of oxazole rings is 1. The lowest BCUT2D eigenvalue weighted by Gasteiger charge is -2.13. The molecule has 1 atom stereocenters. The molecule has 6 nitrogen and oxygen atoms in total. The fraction of sp³-hybridized carbons (Fsp3) is 0.389. The van der Waals surface area contributed by atoms with Gasteiger partial charge in [-0.2, -0.15) is 0 Å². The molecule has 0 radical (unpaired) electrons. The first-order chi connectivity index (χ1) is 12.0. The summed E-state index contributed by atoms with van der Waals surface area (Å²) in [5.41, 5.74) is 0.307. The van der Waals surface area contributed by atoms with E-state index in [9.17, 15) is 14.0 Å². The number of carboxylic acids is 1. The van der Waals surface area contributed by atoms with Crippen molar-refractivity contribution in [1.82, 2.24) is 10.3 Å². The SMILES string of the molecule is O=C(CCc1ncc(-c2ccccc2F)o1)NC(CC1CC1)C(=O)O. The van der Waals surface area contributed by atoms with Crippen LogP contribution in [-0.4, -0.2) is 28.0 Å². The Balaban J connectivity index is 1.54. The summed E-state index contributed by atoms with van der Waals surface area (Å²) in [6.07, 6.45) is 4.21. The van der Waals surface area contributed by atoms with Gasteiger partial charge >= 0.3 is 5.97 Å². The Labute approximate surface area is 144 Å². The van der Waals surface area contributed by atoms with Gasteiger partial charge in [-0.1, -0.05) is 25.0 Å². The Morgan fingerprint density at radius 1 is 1.36 bits per heavy atom. The average Bonchev–Trinajstić information content (AvgIpc) is 3.28. The van der Waals surface area contributed by atoms with Crippen LogP contribution in [0.1, 0.15) is 31.6 Å². The second-order valence-electron chi connectivity index (χ2n) is 6.24. The van der Waals surface area contributed by atoms with Gasteiger partial charge in [0.1, 0.15) is 11.9 Å². The minimum absolute atomic E-state index is 0.0612. The lowest BCUT2D eigenvalue weighted by Crippen LogP contribution is -2.41. The second-order valence-corrected chi connectivity index (χ2v) is 6.24. The molecule has 1 fully saturated rings. The number of aliphatic carboxylic acids is 1. The number of aryl methyl sites for hydroxylation is 1. The van der Waals surface area contributed by atoms with Crippen molar-refractivity contribution in [3.05, 3.63) is 42.2 Å². The number of carbonyl (C=O) groups is 2. The van der Waals surface area contributed by atoms with E-state index in [1.807, 2.05) is 0 Å². The molecule has 1 aliphatic rings. The highest BCUT2D eigenvalue weighted by atomic mass is 19.1. The van der Waals surface area contributed by atoms with E-state index >= 15 is 0 Å². The number of aromatic nitrogens is 1. The summed E-state index contributed by atoms with van der Waals surface area (Å²) in [5.74, 6) is -0.784. The van der Waals surface area contributed by atoms with Gasteiger partial charge in [-0.15, -0.1) is 0 Å². The molecule has 2 aromatic rings. The third kappa shape index (κ3) is 4.65. The minimum atomic E-state index is -1.02. The first kappa shape index (κ1) is 17.1. The van der Waals surface area contributed by atoms with Crippen molar-refractivity contribution >= 4 is 11.9 Å². The molecule has 1 heterocycles. The predicted octanol–water partition coefficient (Wildman–Crippen LogP) is 2.78. The number of hydrogen-bond acceptors (Lipinski definition) is 4. The molecule has 1 unspecified atom stereocenters. The molecule has 0 spiro atoms. The first-order valence-corrected chi connectivity index (χ1v) is 8.24. The van der Waals surface area contributed by atoms with E-state index in [1.54, 1.807) is 18.2 Å². The van der Waals surface area contributed by atoms with Crippen LogP contribution in [0.2, 0.25) is 0 Å². The molecule has 132 valence electrons. The lowest BCUT2D eigenvalue weighted by molar-refractivity contribution is -0.142. The molecule has 7 heteroatoms. The van der Waals surface area contributed by atoms with Crippen molar-refractivity contribution in [2.24, 2.45) is 5.92 Å². The van der Waals surface area contributed by atoms with Gasteiger partial charge < -0.3 is 14.8 Å². The zero-order valence-corrected chi connectivity index (χ0v) is 13.6. The maximum Gasteiger partial charge on any atom is 0.326 e. The zero-order chi connectivity index (χ0) is 17.8. The first-order valence-electron chi connectivity index (χ1n) is 8.24. The summed E-state index contributed by atoms with van der Waals surface area (Å²) < 4.78 is 19.2. The number of carbonyl (C=O) groups excluding carboxylic acids is 1.